The number of benzene rings is 4. The van der Waals surface area contributed by atoms with Crippen molar-refractivity contribution in [2.45, 2.75) is 0 Å². The van der Waals surface area contributed by atoms with Gasteiger partial charge < -0.3 is 37.3 Å². The lowest BCUT2D eigenvalue weighted by Crippen LogP contribution is -2.08. The second-order valence-electron chi connectivity index (χ2n) is 10.2. The molecule has 10 nitrogen and oxygen atoms in total. The summed E-state index contributed by atoms with van der Waals surface area (Å²) in [6, 6.07) is 17.2. The zero-order valence-corrected chi connectivity index (χ0v) is 26.0. The minimum atomic E-state index is -0.306. The summed E-state index contributed by atoms with van der Waals surface area (Å²) in [5, 5.41) is 0.477. The van der Waals surface area contributed by atoms with Gasteiger partial charge in [-0.05, 0) is 35.4 Å². The summed E-state index contributed by atoms with van der Waals surface area (Å²) >= 11 is 0. The van der Waals surface area contributed by atoms with Crippen LogP contribution in [0.3, 0.4) is 0 Å². The third kappa shape index (κ3) is 4.93. The van der Waals surface area contributed by atoms with E-state index in [1.165, 1.54) is 48.1 Å². The van der Waals surface area contributed by atoms with Crippen molar-refractivity contribution in [2.24, 2.45) is 0 Å². The molecule has 0 bridgehead atoms. The van der Waals surface area contributed by atoms with Crippen molar-refractivity contribution in [2.75, 3.05) is 42.7 Å². The Morgan fingerprint density at radius 1 is 0.478 bits per heavy atom. The minimum Gasteiger partial charge on any atom is -0.497 e. The van der Waals surface area contributed by atoms with Crippen molar-refractivity contribution >= 4 is 21.9 Å². The number of ether oxygens (including phenoxy) is 6. The molecule has 0 fully saturated rings. The summed E-state index contributed by atoms with van der Waals surface area (Å²) in [7, 11) is 9.06. The number of hydrogen-bond donors (Lipinski definition) is 0. The van der Waals surface area contributed by atoms with Crippen molar-refractivity contribution in [3.05, 3.63) is 93.6 Å². The fourth-order valence-corrected chi connectivity index (χ4v) is 5.54. The molecule has 10 heteroatoms. The van der Waals surface area contributed by atoms with Gasteiger partial charge in [-0.1, -0.05) is 18.2 Å². The molecule has 6 rings (SSSR count). The SMILES string of the molecule is COc1ccc(-c2coc3c(-c4cc(-c5coc6cc(OC)cc(OC)c6c5=O)ccc4OC)c(OC)cc(OC)c3c2=O)cc1. The first-order chi connectivity index (χ1) is 22.4. The highest BCUT2D eigenvalue weighted by Crippen LogP contribution is 2.46. The molecule has 4 aromatic carbocycles. The first kappa shape index (κ1) is 30.1. The van der Waals surface area contributed by atoms with E-state index in [0.29, 0.717) is 62.1 Å². The Balaban J connectivity index is 1.61. The van der Waals surface area contributed by atoms with Gasteiger partial charge in [0.25, 0.3) is 0 Å². The molecule has 2 aromatic heterocycles. The number of rotatable bonds is 9. The minimum absolute atomic E-state index is 0.211. The van der Waals surface area contributed by atoms with Crippen LogP contribution in [0.4, 0.5) is 0 Å². The lowest BCUT2D eigenvalue weighted by molar-refractivity contribution is 0.396. The van der Waals surface area contributed by atoms with E-state index in [0.717, 1.165) is 0 Å². The monoisotopic (exact) mass is 622 g/mol. The molecular formula is C36H30O10. The Labute approximate surface area is 263 Å². The van der Waals surface area contributed by atoms with E-state index >= 15 is 0 Å². The molecule has 0 N–H and O–H groups in total. The quantitative estimate of drug-likeness (QED) is 0.168. The number of hydrogen-bond acceptors (Lipinski definition) is 10. The smallest absolute Gasteiger partial charge is 0.204 e. The molecule has 0 aliphatic rings. The first-order valence-electron chi connectivity index (χ1n) is 14.1. The maximum Gasteiger partial charge on any atom is 0.204 e. The Morgan fingerprint density at radius 2 is 1.07 bits per heavy atom. The Hall–Kier alpha value is -5.90. The van der Waals surface area contributed by atoms with E-state index in [2.05, 4.69) is 0 Å². The summed E-state index contributed by atoms with van der Waals surface area (Å²) in [5.41, 5.74) is 2.64. The van der Waals surface area contributed by atoms with Crippen LogP contribution < -0.4 is 39.3 Å². The zero-order valence-electron chi connectivity index (χ0n) is 26.0. The van der Waals surface area contributed by atoms with Crippen molar-refractivity contribution in [3.8, 4) is 67.9 Å². The molecular weight excluding hydrogens is 592 g/mol. The van der Waals surface area contributed by atoms with E-state index in [1.54, 1.807) is 67.8 Å². The Kier molecular flexibility index (Phi) is 8.02. The molecule has 0 spiro atoms. The summed E-state index contributed by atoms with van der Waals surface area (Å²) in [6.45, 7) is 0. The largest absolute Gasteiger partial charge is 0.497 e. The molecule has 6 aromatic rings. The normalized spacial score (nSPS) is 11.0. The Bertz CT molecular complexity index is 2210. The lowest BCUT2D eigenvalue weighted by Gasteiger charge is -2.17. The standard InChI is InChI=1S/C36H30O10/c1-39-21-10-7-19(8-11-21)24-18-46-36-31(28(43-5)16-29(44-6)33(36)35(24)38)23-13-20(9-12-26(23)41-3)25-17-45-30-15-22(40-2)14-27(42-4)32(30)34(25)37/h7-18H,1-6H3. The maximum absolute atomic E-state index is 14.0. The van der Waals surface area contributed by atoms with Crippen LogP contribution in [0, 0.1) is 0 Å². The van der Waals surface area contributed by atoms with Gasteiger partial charge in [-0.15, -0.1) is 0 Å². The number of fused-ring (bicyclic) bond motifs is 2. The van der Waals surface area contributed by atoms with Crippen LogP contribution in [-0.4, -0.2) is 42.7 Å². The molecule has 0 saturated carbocycles. The van der Waals surface area contributed by atoms with Crippen LogP contribution in [0.15, 0.2) is 91.6 Å². The first-order valence-corrected chi connectivity index (χ1v) is 14.1. The highest BCUT2D eigenvalue weighted by molar-refractivity contribution is 6.02. The van der Waals surface area contributed by atoms with Gasteiger partial charge in [0.15, 0.2) is 5.58 Å². The average Bonchev–Trinajstić information content (AvgIpc) is 3.10. The van der Waals surface area contributed by atoms with Gasteiger partial charge in [0.2, 0.25) is 10.9 Å². The third-order valence-electron chi connectivity index (χ3n) is 7.87. The van der Waals surface area contributed by atoms with E-state index in [9.17, 15) is 9.59 Å². The summed E-state index contributed by atoms with van der Waals surface area (Å²) in [5.74, 6) is 2.54. The van der Waals surface area contributed by atoms with E-state index in [1.807, 2.05) is 0 Å². The van der Waals surface area contributed by atoms with Gasteiger partial charge >= 0.3 is 0 Å². The number of methoxy groups -OCH3 is 6. The van der Waals surface area contributed by atoms with Crippen molar-refractivity contribution in [1.82, 2.24) is 0 Å². The molecule has 46 heavy (non-hydrogen) atoms. The zero-order chi connectivity index (χ0) is 32.5. The summed E-state index contributed by atoms with van der Waals surface area (Å²) < 4.78 is 45.4. The second-order valence-corrected chi connectivity index (χ2v) is 10.2. The van der Waals surface area contributed by atoms with Gasteiger partial charge in [0.05, 0.1) is 59.3 Å². The van der Waals surface area contributed by atoms with Crippen molar-refractivity contribution in [1.29, 1.82) is 0 Å². The van der Waals surface area contributed by atoms with E-state index in [-0.39, 0.29) is 38.5 Å². The van der Waals surface area contributed by atoms with Crippen LogP contribution in [0.1, 0.15) is 0 Å². The summed E-state index contributed by atoms with van der Waals surface area (Å²) in [4.78, 5) is 27.9. The van der Waals surface area contributed by atoms with E-state index < -0.39 is 0 Å². The molecule has 0 aliphatic carbocycles. The summed E-state index contributed by atoms with van der Waals surface area (Å²) in [6.07, 6.45) is 2.80. The molecule has 0 saturated heterocycles. The molecule has 234 valence electrons. The third-order valence-corrected chi connectivity index (χ3v) is 7.87. The predicted molar refractivity (Wildman–Crippen MR) is 174 cm³/mol. The van der Waals surface area contributed by atoms with Crippen LogP contribution >= 0.6 is 0 Å². The lowest BCUT2D eigenvalue weighted by atomic mass is 9.95. The highest BCUT2D eigenvalue weighted by Gasteiger charge is 2.25. The van der Waals surface area contributed by atoms with Crippen molar-refractivity contribution in [3.63, 3.8) is 0 Å². The fraction of sp³-hybridized carbons (Fsp3) is 0.167. The van der Waals surface area contributed by atoms with Crippen LogP contribution in [0.2, 0.25) is 0 Å². The van der Waals surface area contributed by atoms with Gasteiger partial charge in [-0.25, -0.2) is 0 Å². The van der Waals surface area contributed by atoms with Gasteiger partial charge in [0, 0.05) is 23.8 Å². The van der Waals surface area contributed by atoms with E-state index in [4.69, 9.17) is 37.3 Å². The molecule has 2 heterocycles. The molecule has 0 amide bonds. The molecule has 0 radical (unpaired) electrons. The maximum atomic E-state index is 14.0. The fourth-order valence-electron chi connectivity index (χ4n) is 5.54. The average molecular weight is 623 g/mol. The van der Waals surface area contributed by atoms with Crippen LogP contribution in [-0.2, 0) is 0 Å². The predicted octanol–water partition coefficient (Wildman–Crippen LogP) is 6.95. The van der Waals surface area contributed by atoms with Gasteiger partial charge in [-0.2, -0.15) is 0 Å². The van der Waals surface area contributed by atoms with Crippen LogP contribution in [0.25, 0.3) is 55.3 Å². The highest BCUT2D eigenvalue weighted by atomic mass is 16.5. The topological polar surface area (TPSA) is 116 Å². The second kappa shape index (κ2) is 12.2. The molecule has 0 aliphatic heterocycles. The van der Waals surface area contributed by atoms with Crippen LogP contribution in [0.5, 0.6) is 34.5 Å². The van der Waals surface area contributed by atoms with Crippen molar-refractivity contribution < 1.29 is 37.3 Å². The van der Waals surface area contributed by atoms with Gasteiger partial charge in [0.1, 0.15) is 63.4 Å². The Morgan fingerprint density at radius 3 is 1.72 bits per heavy atom. The molecule has 0 unspecified atom stereocenters. The molecule has 0 atom stereocenters. The van der Waals surface area contributed by atoms with Gasteiger partial charge in [-0.3, -0.25) is 9.59 Å².